The van der Waals surface area contributed by atoms with Crippen LogP contribution in [-0.4, -0.2) is 23.4 Å². The third-order valence-corrected chi connectivity index (χ3v) is 2.95. The lowest BCUT2D eigenvalue weighted by Gasteiger charge is -2.03. The first-order valence-corrected chi connectivity index (χ1v) is 5.53. The van der Waals surface area contributed by atoms with Crippen LogP contribution in [0.4, 0.5) is 4.79 Å². The van der Waals surface area contributed by atoms with Gasteiger partial charge in [-0.1, -0.05) is 6.07 Å². The molecule has 1 heterocycles. The zero-order valence-electron chi connectivity index (χ0n) is 8.89. The van der Waals surface area contributed by atoms with Crippen molar-refractivity contribution in [1.82, 2.24) is 5.32 Å². The van der Waals surface area contributed by atoms with Gasteiger partial charge >= 0.3 is 0 Å². The lowest BCUT2D eigenvalue weighted by atomic mass is 10.2. The summed E-state index contributed by atoms with van der Waals surface area (Å²) >= 11 is 0.833. The van der Waals surface area contributed by atoms with Crippen LogP contribution in [-0.2, 0) is 4.79 Å². The molecule has 1 aromatic carbocycles. The van der Waals surface area contributed by atoms with Gasteiger partial charge in [-0.25, -0.2) is 0 Å². The fraction of sp³-hybridized carbons (Fsp3) is 0.0909. The second-order valence-electron chi connectivity index (χ2n) is 3.28. The molecule has 1 saturated heterocycles. The summed E-state index contributed by atoms with van der Waals surface area (Å²) in [6, 6.07) is 4.73. The number of phenols is 1. The number of imide groups is 1. The molecule has 0 saturated carbocycles. The average Bonchev–Trinajstić information content (AvgIpc) is 2.58. The second-order valence-corrected chi connectivity index (χ2v) is 4.30. The minimum absolute atomic E-state index is 0.0171. The summed E-state index contributed by atoms with van der Waals surface area (Å²) in [6.45, 7) is 0. The molecule has 0 aliphatic carbocycles. The predicted octanol–water partition coefficient (Wildman–Crippen LogP) is 1.72. The minimum atomic E-state index is -0.421. The molecule has 1 aliphatic rings. The molecule has 0 spiro atoms. The van der Waals surface area contributed by atoms with Crippen LogP contribution >= 0.6 is 11.8 Å². The van der Waals surface area contributed by atoms with E-state index < -0.39 is 5.91 Å². The number of thioether (sulfide) groups is 1. The Morgan fingerprint density at radius 3 is 2.71 bits per heavy atom. The van der Waals surface area contributed by atoms with E-state index in [2.05, 4.69) is 5.32 Å². The fourth-order valence-electron chi connectivity index (χ4n) is 1.37. The van der Waals surface area contributed by atoms with Crippen LogP contribution in [0.5, 0.6) is 11.5 Å². The van der Waals surface area contributed by atoms with Gasteiger partial charge in [0.25, 0.3) is 11.1 Å². The molecule has 0 unspecified atom stereocenters. The van der Waals surface area contributed by atoms with E-state index >= 15 is 0 Å². The van der Waals surface area contributed by atoms with Crippen LogP contribution in [0.3, 0.4) is 0 Å². The quantitative estimate of drug-likeness (QED) is 0.783. The molecule has 0 radical (unpaired) electrons. The van der Waals surface area contributed by atoms with Gasteiger partial charge in [0, 0.05) is 0 Å². The highest BCUT2D eigenvalue weighted by Crippen LogP contribution is 2.30. The van der Waals surface area contributed by atoms with Crippen LogP contribution in [0.25, 0.3) is 6.08 Å². The smallest absolute Gasteiger partial charge is 0.290 e. The summed E-state index contributed by atoms with van der Waals surface area (Å²) in [5.74, 6) is -0.0846. The molecule has 0 bridgehead atoms. The van der Waals surface area contributed by atoms with Crippen molar-refractivity contribution in [3.05, 3.63) is 28.7 Å². The third-order valence-electron chi connectivity index (χ3n) is 2.14. The van der Waals surface area contributed by atoms with Crippen LogP contribution in [0.1, 0.15) is 5.56 Å². The SMILES string of the molecule is COc1ccc(/C=C2\SC(=O)NC2=O)cc1O. The standard InChI is InChI=1S/C11H9NO4S/c1-16-8-3-2-6(4-7(8)13)5-9-10(14)12-11(15)17-9/h2-5,13H,1H3,(H,12,14,15)/b9-5-. The maximum Gasteiger partial charge on any atom is 0.290 e. The number of rotatable bonds is 2. The van der Waals surface area contributed by atoms with Crippen LogP contribution in [0.15, 0.2) is 23.1 Å². The molecule has 6 heteroatoms. The van der Waals surface area contributed by atoms with Gasteiger partial charge in [0.05, 0.1) is 12.0 Å². The topological polar surface area (TPSA) is 75.6 Å². The van der Waals surface area contributed by atoms with Crippen molar-refractivity contribution in [2.75, 3.05) is 7.11 Å². The van der Waals surface area contributed by atoms with Crippen LogP contribution in [0.2, 0.25) is 0 Å². The number of benzene rings is 1. The largest absolute Gasteiger partial charge is 0.504 e. The molecule has 2 amide bonds. The molecule has 1 fully saturated rings. The zero-order valence-corrected chi connectivity index (χ0v) is 9.71. The number of ether oxygens (including phenoxy) is 1. The summed E-state index contributed by atoms with van der Waals surface area (Å²) in [4.78, 5) is 22.5. The van der Waals surface area contributed by atoms with Gasteiger partial charge in [-0.3, -0.25) is 14.9 Å². The minimum Gasteiger partial charge on any atom is -0.504 e. The van der Waals surface area contributed by atoms with Crippen molar-refractivity contribution in [3.8, 4) is 11.5 Å². The first-order chi connectivity index (χ1) is 8.10. The zero-order chi connectivity index (χ0) is 12.4. The highest BCUT2D eigenvalue weighted by Gasteiger charge is 2.24. The highest BCUT2D eigenvalue weighted by molar-refractivity contribution is 8.18. The first kappa shape index (κ1) is 11.5. The van der Waals surface area contributed by atoms with Gasteiger partial charge in [-0.15, -0.1) is 0 Å². The number of carbonyl (C=O) groups excluding carboxylic acids is 2. The molecule has 88 valence electrons. The highest BCUT2D eigenvalue weighted by atomic mass is 32.2. The van der Waals surface area contributed by atoms with Crippen molar-refractivity contribution in [2.24, 2.45) is 0 Å². The fourth-order valence-corrected chi connectivity index (χ4v) is 2.05. The number of carbonyl (C=O) groups is 2. The summed E-state index contributed by atoms with van der Waals surface area (Å²) in [5.41, 5.74) is 0.621. The number of hydrogen-bond donors (Lipinski definition) is 2. The Balaban J connectivity index is 2.30. The Kier molecular flexibility index (Phi) is 3.06. The van der Waals surface area contributed by atoms with Crippen molar-refractivity contribution in [3.63, 3.8) is 0 Å². The number of methoxy groups -OCH3 is 1. The normalized spacial score (nSPS) is 17.4. The second kappa shape index (κ2) is 4.50. The molecule has 5 nitrogen and oxygen atoms in total. The number of nitrogens with one attached hydrogen (secondary N) is 1. The Labute approximate surface area is 101 Å². The van der Waals surface area contributed by atoms with Gasteiger partial charge < -0.3 is 9.84 Å². The molecular weight excluding hydrogens is 242 g/mol. The first-order valence-electron chi connectivity index (χ1n) is 4.72. The number of aromatic hydroxyl groups is 1. The molecule has 0 aromatic heterocycles. The Hall–Kier alpha value is -1.95. The van der Waals surface area contributed by atoms with Crippen molar-refractivity contribution in [2.45, 2.75) is 0 Å². The van der Waals surface area contributed by atoms with Gasteiger partial charge in [-0.2, -0.15) is 0 Å². The Bertz CT molecular complexity index is 524. The Morgan fingerprint density at radius 2 is 2.18 bits per heavy atom. The lowest BCUT2D eigenvalue weighted by molar-refractivity contribution is -0.115. The third kappa shape index (κ3) is 2.42. The van der Waals surface area contributed by atoms with Crippen LogP contribution < -0.4 is 10.1 Å². The van der Waals surface area contributed by atoms with Crippen LogP contribution in [0, 0.1) is 0 Å². The predicted molar refractivity (Wildman–Crippen MR) is 63.8 cm³/mol. The van der Waals surface area contributed by atoms with Crippen molar-refractivity contribution in [1.29, 1.82) is 0 Å². The van der Waals surface area contributed by atoms with Crippen molar-refractivity contribution < 1.29 is 19.4 Å². The summed E-state index contributed by atoms with van der Waals surface area (Å²) in [6.07, 6.45) is 1.53. The van der Waals surface area contributed by atoms with E-state index in [0.717, 1.165) is 11.8 Å². The van der Waals surface area contributed by atoms with Gasteiger partial charge in [0.2, 0.25) is 0 Å². The summed E-state index contributed by atoms with van der Waals surface area (Å²) in [5, 5.41) is 11.3. The monoisotopic (exact) mass is 251 g/mol. The van der Waals surface area contributed by atoms with E-state index in [4.69, 9.17) is 4.74 Å². The average molecular weight is 251 g/mol. The van der Waals surface area contributed by atoms with Gasteiger partial charge in [-0.05, 0) is 35.5 Å². The molecule has 1 aromatic rings. The number of hydrogen-bond acceptors (Lipinski definition) is 5. The van der Waals surface area contributed by atoms with E-state index in [0.29, 0.717) is 16.2 Å². The van der Waals surface area contributed by atoms with E-state index in [-0.39, 0.29) is 11.0 Å². The van der Waals surface area contributed by atoms with E-state index in [1.807, 2.05) is 0 Å². The molecule has 2 N–H and O–H groups in total. The van der Waals surface area contributed by atoms with Gasteiger partial charge in [0.1, 0.15) is 0 Å². The molecule has 2 rings (SSSR count). The summed E-state index contributed by atoms with van der Waals surface area (Å²) in [7, 11) is 1.45. The molecular formula is C11H9NO4S. The van der Waals surface area contributed by atoms with Gasteiger partial charge in [0.15, 0.2) is 11.5 Å². The lowest BCUT2D eigenvalue weighted by Crippen LogP contribution is -2.17. The van der Waals surface area contributed by atoms with Crippen molar-refractivity contribution >= 4 is 29.0 Å². The maximum atomic E-state index is 11.3. The molecule has 1 aliphatic heterocycles. The molecule has 0 atom stereocenters. The Morgan fingerprint density at radius 1 is 1.41 bits per heavy atom. The van der Waals surface area contributed by atoms with E-state index in [9.17, 15) is 14.7 Å². The maximum absolute atomic E-state index is 11.3. The van der Waals surface area contributed by atoms with E-state index in [1.54, 1.807) is 12.1 Å². The summed E-state index contributed by atoms with van der Waals surface area (Å²) < 4.78 is 4.90. The van der Waals surface area contributed by atoms with E-state index in [1.165, 1.54) is 19.3 Å². The molecule has 17 heavy (non-hydrogen) atoms. The number of amides is 2. The number of phenolic OH excluding ortho intramolecular Hbond substituents is 1.